The van der Waals surface area contributed by atoms with Crippen molar-refractivity contribution in [3.05, 3.63) is 39.3 Å². The van der Waals surface area contributed by atoms with E-state index in [1.807, 2.05) is 0 Å². The number of hydrogen-bond acceptors (Lipinski definition) is 1. The van der Waals surface area contributed by atoms with E-state index in [0.717, 1.165) is 0 Å². The molecule has 0 amide bonds. The van der Waals surface area contributed by atoms with Gasteiger partial charge in [-0.1, -0.05) is 34.8 Å². The van der Waals surface area contributed by atoms with Crippen LogP contribution >= 0.6 is 34.8 Å². The van der Waals surface area contributed by atoms with E-state index in [2.05, 4.69) is 6.58 Å². The van der Waals surface area contributed by atoms with Crippen LogP contribution in [-0.4, -0.2) is 13.6 Å². The summed E-state index contributed by atoms with van der Waals surface area (Å²) >= 11 is 17.1. The van der Waals surface area contributed by atoms with E-state index >= 15 is 0 Å². The van der Waals surface area contributed by atoms with Crippen LogP contribution in [-0.2, 0) is 0 Å². The molecule has 0 radical (unpaired) electrons. The molecule has 0 unspecified atom stereocenters. The summed E-state index contributed by atoms with van der Waals surface area (Å²) in [5.41, 5.74) is -0.952. The van der Waals surface area contributed by atoms with E-state index < -0.39 is 19.1 Å². The molecule has 18 heavy (non-hydrogen) atoms. The third-order valence-corrected chi connectivity index (χ3v) is 2.87. The third kappa shape index (κ3) is 5.63. The average Bonchev–Trinajstić information content (AvgIpc) is 2.19. The smallest absolute Gasteiger partial charge is 0.491 e. The second-order valence-corrected chi connectivity index (χ2v) is 4.44. The predicted molar refractivity (Wildman–Crippen MR) is 65.2 cm³/mol. The van der Waals surface area contributed by atoms with Crippen molar-refractivity contribution in [3.8, 4) is 5.75 Å². The van der Waals surface area contributed by atoms with Gasteiger partial charge in [0.25, 0.3) is 0 Å². The van der Waals surface area contributed by atoms with Gasteiger partial charge in [-0.05, 0) is 6.07 Å². The van der Waals surface area contributed by atoms with Crippen LogP contribution in [0.4, 0.5) is 12.9 Å². The molecule has 94 valence electrons. The Morgan fingerprint density at radius 1 is 1.11 bits per heavy atom. The Morgan fingerprint density at radius 2 is 1.61 bits per heavy atom. The molecule has 0 aliphatic carbocycles. The molecule has 0 fully saturated rings. The van der Waals surface area contributed by atoms with Gasteiger partial charge in [0, 0.05) is 6.07 Å². The first-order valence-electron chi connectivity index (χ1n) is 4.36. The van der Waals surface area contributed by atoms with Gasteiger partial charge >= 0.3 is 58.4 Å². The van der Waals surface area contributed by atoms with E-state index in [9.17, 15) is 12.9 Å². The molecule has 0 heterocycles. The molecule has 0 saturated heterocycles. The molecular formula is C9H6BCl3F3KO. The Labute approximate surface area is 160 Å². The molecule has 1 aromatic rings. The van der Waals surface area contributed by atoms with Crippen LogP contribution in [0.15, 0.2) is 24.2 Å². The van der Waals surface area contributed by atoms with E-state index in [0.29, 0.717) is 0 Å². The second-order valence-electron chi connectivity index (χ2n) is 3.22. The molecule has 0 aliphatic rings. The number of halogens is 6. The van der Waals surface area contributed by atoms with E-state index in [1.165, 1.54) is 12.1 Å². The Hall–Kier alpha value is 1.12. The van der Waals surface area contributed by atoms with Gasteiger partial charge in [-0.25, -0.2) is 0 Å². The molecule has 1 nitrogen and oxygen atoms in total. The van der Waals surface area contributed by atoms with Crippen LogP contribution in [0.25, 0.3) is 0 Å². The summed E-state index contributed by atoms with van der Waals surface area (Å²) in [5, 5.41) is 0.430. The molecule has 0 aromatic heterocycles. The molecule has 0 saturated carbocycles. The SMILES string of the molecule is C=C(COc1cc(Cl)c(Cl)cc1Cl)[B-](F)(F)F.[K+]. The molecular weight excluding hydrogens is 337 g/mol. The molecule has 0 N–H and O–H groups in total. The summed E-state index contributed by atoms with van der Waals surface area (Å²) in [6, 6.07) is 2.55. The normalized spacial score (nSPS) is 10.8. The predicted octanol–water partition coefficient (Wildman–Crippen LogP) is 1.97. The van der Waals surface area contributed by atoms with Gasteiger partial charge in [0.15, 0.2) is 0 Å². The van der Waals surface area contributed by atoms with Gasteiger partial charge in [0.1, 0.15) is 5.75 Å². The molecule has 0 spiro atoms. The fourth-order valence-corrected chi connectivity index (χ4v) is 1.47. The van der Waals surface area contributed by atoms with Crippen molar-refractivity contribution in [2.24, 2.45) is 0 Å². The summed E-state index contributed by atoms with van der Waals surface area (Å²) < 4.78 is 41.5. The minimum atomic E-state index is -5.12. The van der Waals surface area contributed by atoms with Crippen molar-refractivity contribution in [1.82, 2.24) is 0 Å². The fraction of sp³-hybridized carbons (Fsp3) is 0.111. The minimum absolute atomic E-state index is 0. The van der Waals surface area contributed by atoms with Crippen molar-refractivity contribution in [2.75, 3.05) is 6.61 Å². The van der Waals surface area contributed by atoms with Crippen LogP contribution in [0.5, 0.6) is 5.75 Å². The second kappa shape index (κ2) is 7.79. The van der Waals surface area contributed by atoms with Crippen LogP contribution in [0.1, 0.15) is 0 Å². The largest absolute Gasteiger partial charge is 1.00 e. The monoisotopic (exact) mass is 342 g/mol. The summed E-state index contributed by atoms with van der Waals surface area (Å²) in [6.07, 6.45) is 0. The van der Waals surface area contributed by atoms with Crippen LogP contribution in [0, 0.1) is 0 Å². The standard InChI is InChI=1S/C9H6BCl3F3O.K/c1-5(10(14,15)16)4-17-9-3-7(12)6(11)2-8(9)13;/h2-3H,1,4H2;/q-1;+1. The summed E-state index contributed by atoms with van der Waals surface area (Å²) in [4.78, 5) is 0. The van der Waals surface area contributed by atoms with Crippen molar-refractivity contribution in [2.45, 2.75) is 0 Å². The number of ether oxygens (including phenoxy) is 1. The number of hydrogen-bond donors (Lipinski definition) is 0. The van der Waals surface area contributed by atoms with E-state index in [1.54, 1.807) is 0 Å². The van der Waals surface area contributed by atoms with Crippen molar-refractivity contribution in [3.63, 3.8) is 0 Å². The van der Waals surface area contributed by atoms with Gasteiger partial charge in [-0.3, -0.25) is 0 Å². The summed E-state index contributed by atoms with van der Waals surface area (Å²) in [7, 11) is 0. The first kappa shape index (κ1) is 19.1. The maximum Gasteiger partial charge on any atom is 1.00 e. The molecule has 1 aromatic carbocycles. The Morgan fingerprint density at radius 3 is 2.11 bits per heavy atom. The Balaban J connectivity index is 0.00000289. The van der Waals surface area contributed by atoms with Gasteiger partial charge in [-0.2, -0.15) is 0 Å². The van der Waals surface area contributed by atoms with Gasteiger partial charge < -0.3 is 17.7 Å². The summed E-state index contributed by atoms with van der Waals surface area (Å²) in [5.74, 6) is 0.0299. The van der Waals surface area contributed by atoms with Gasteiger partial charge in [0.05, 0.1) is 21.7 Å². The van der Waals surface area contributed by atoms with Crippen LogP contribution < -0.4 is 56.1 Å². The zero-order chi connectivity index (χ0) is 13.2. The Kier molecular flexibility index (Phi) is 8.27. The average molecular weight is 343 g/mol. The van der Waals surface area contributed by atoms with Gasteiger partial charge in [0.2, 0.25) is 0 Å². The zero-order valence-electron chi connectivity index (χ0n) is 9.32. The third-order valence-electron chi connectivity index (χ3n) is 1.85. The van der Waals surface area contributed by atoms with Crippen molar-refractivity contribution < 1.29 is 69.1 Å². The minimum Gasteiger partial charge on any atom is -0.491 e. The molecule has 0 aliphatic heterocycles. The zero-order valence-corrected chi connectivity index (χ0v) is 14.7. The van der Waals surface area contributed by atoms with Crippen LogP contribution in [0.2, 0.25) is 15.1 Å². The molecule has 1 rings (SSSR count). The summed E-state index contributed by atoms with van der Waals surface area (Å²) in [6.45, 7) is -2.93. The first-order valence-corrected chi connectivity index (χ1v) is 5.50. The molecule has 0 atom stereocenters. The molecule has 9 heteroatoms. The van der Waals surface area contributed by atoms with E-state index in [4.69, 9.17) is 39.5 Å². The van der Waals surface area contributed by atoms with Gasteiger partial charge in [-0.15, -0.1) is 12.1 Å². The Bertz CT molecular complexity index is 453. The maximum atomic E-state index is 12.2. The van der Waals surface area contributed by atoms with Crippen LogP contribution in [0.3, 0.4) is 0 Å². The first-order chi connectivity index (χ1) is 7.71. The fourth-order valence-electron chi connectivity index (χ4n) is 0.880. The van der Waals surface area contributed by atoms with Crippen molar-refractivity contribution in [1.29, 1.82) is 0 Å². The molecule has 0 bridgehead atoms. The maximum absolute atomic E-state index is 12.2. The topological polar surface area (TPSA) is 9.23 Å². The van der Waals surface area contributed by atoms with E-state index in [-0.39, 0.29) is 72.2 Å². The quantitative estimate of drug-likeness (QED) is 0.600. The number of rotatable bonds is 4. The van der Waals surface area contributed by atoms with Crippen molar-refractivity contribution >= 4 is 41.8 Å². The number of benzene rings is 1.